The second-order valence-corrected chi connectivity index (χ2v) is 7.79. The molecule has 0 N–H and O–H groups in total. The maximum atomic E-state index is 12.4. The number of rotatable bonds is 3. The molecule has 1 heterocycles. The molecule has 1 aliphatic heterocycles. The summed E-state index contributed by atoms with van der Waals surface area (Å²) in [7, 11) is 0. The highest BCUT2D eigenvalue weighted by Crippen LogP contribution is 2.60. The number of fused-ring (bicyclic) bond motifs is 1. The maximum absolute atomic E-state index is 12.4. The van der Waals surface area contributed by atoms with E-state index in [1.807, 2.05) is 12.1 Å². The Balaban J connectivity index is 2.24. The van der Waals surface area contributed by atoms with Crippen molar-refractivity contribution in [1.29, 1.82) is 0 Å². The summed E-state index contributed by atoms with van der Waals surface area (Å²) >= 11 is 5.99. The Labute approximate surface area is 123 Å². The van der Waals surface area contributed by atoms with Crippen molar-refractivity contribution < 1.29 is 18.6 Å². The molecule has 0 radical (unpaired) electrons. The zero-order chi connectivity index (χ0) is 14.9. The van der Waals surface area contributed by atoms with Crippen molar-refractivity contribution in [3.05, 3.63) is 29.8 Å². The molecule has 0 saturated carbocycles. The van der Waals surface area contributed by atoms with Gasteiger partial charge >= 0.3 is 12.8 Å². The fourth-order valence-corrected chi connectivity index (χ4v) is 4.08. The van der Waals surface area contributed by atoms with Gasteiger partial charge in [-0.25, -0.2) is 4.57 Å². The second kappa shape index (κ2) is 5.76. The number of halogens is 1. The molecule has 1 aliphatic rings. The van der Waals surface area contributed by atoms with Crippen LogP contribution < -0.4 is 4.52 Å². The zero-order valence-corrected chi connectivity index (χ0v) is 13.2. The van der Waals surface area contributed by atoms with Gasteiger partial charge in [0.05, 0.1) is 6.10 Å². The second-order valence-electron chi connectivity index (χ2n) is 4.91. The lowest BCUT2D eigenvalue weighted by Gasteiger charge is -2.35. The molecule has 110 valence electrons. The van der Waals surface area contributed by atoms with E-state index in [9.17, 15) is 9.36 Å². The standard InChI is InChI=1S/C13H17ClNO4P/c1-9(2)18-13(16)10(3)15-8-11-6-4-5-7-12(11)19-20(15,14)17/h4-7,9-10H,8H2,1-3H3/t10-,20?/m0/s1. The van der Waals surface area contributed by atoms with Gasteiger partial charge in [-0.15, -0.1) is 0 Å². The van der Waals surface area contributed by atoms with E-state index in [4.69, 9.17) is 20.5 Å². The largest absolute Gasteiger partial charge is 0.462 e. The molecule has 2 rings (SSSR count). The minimum Gasteiger partial charge on any atom is -0.462 e. The molecule has 0 saturated heterocycles. The van der Waals surface area contributed by atoms with Gasteiger partial charge in [0.1, 0.15) is 11.8 Å². The quantitative estimate of drug-likeness (QED) is 0.630. The van der Waals surface area contributed by atoms with Crippen LogP contribution in [0.4, 0.5) is 0 Å². The van der Waals surface area contributed by atoms with Gasteiger partial charge < -0.3 is 9.26 Å². The summed E-state index contributed by atoms with van der Waals surface area (Å²) in [6, 6.07) is 6.44. The Morgan fingerprint density at radius 3 is 2.70 bits per heavy atom. The normalized spacial score (nSPS) is 23.9. The van der Waals surface area contributed by atoms with Crippen molar-refractivity contribution in [3.8, 4) is 5.75 Å². The third kappa shape index (κ3) is 3.17. The molecule has 5 nitrogen and oxygen atoms in total. The van der Waals surface area contributed by atoms with Gasteiger partial charge in [0.25, 0.3) is 0 Å². The summed E-state index contributed by atoms with van der Waals surface area (Å²) in [6.45, 7) is 1.83. The molecule has 1 aromatic rings. The van der Waals surface area contributed by atoms with Crippen LogP contribution in [0.1, 0.15) is 26.3 Å². The number of nitrogens with zero attached hydrogens (tertiary/aromatic N) is 1. The van der Waals surface area contributed by atoms with Crippen LogP contribution in [0.25, 0.3) is 0 Å². The number of hydrogen-bond donors (Lipinski definition) is 0. The molecule has 0 fully saturated rings. The Kier molecular flexibility index (Phi) is 4.43. The molecule has 20 heavy (non-hydrogen) atoms. The summed E-state index contributed by atoms with van der Waals surface area (Å²) in [5.41, 5.74) is 0.837. The van der Waals surface area contributed by atoms with Gasteiger partial charge in [-0.3, -0.25) is 4.79 Å². The number of ether oxygens (including phenoxy) is 1. The molecule has 1 aromatic carbocycles. The molecule has 0 bridgehead atoms. The predicted molar refractivity (Wildman–Crippen MR) is 76.8 cm³/mol. The Hall–Kier alpha value is -1.03. The lowest BCUT2D eigenvalue weighted by molar-refractivity contribution is -0.151. The van der Waals surface area contributed by atoms with E-state index in [0.29, 0.717) is 5.75 Å². The fraction of sp³-hybridized carbons (Fsp3) is 0.462. The van der Waals surface area contributed by atoms with Crippen LogP contribution in [0, 0.1) is 0 Å². The van der Waals surface area contributed by atoms with E-state index in [-0.39, 0.29) is 12.6 Å². The average molecular weight is 318 g/mol. The smallest absolute Gasteiger partial charge is 0.412 e. The number of carbonyl (C=O) groups excluding carboxylic acids is 1. The molecule has 2 atom stereocenters. The molecule has 1 unspecified atom stereocenters. The van der Waals surface area contributed by atoms with Crippen molar-refractivity contribution in [2.24, 2.45) is 0 Å². The van der Waals surface area contributed by atoms with Crippen LogP contribution >= 0.6 is 18.1 Å². The third-order valence-electron chi connectivity index (χ3n) is 2.96. The molecule has 0 spiro atoms. The summed E-state index contributed by atoms with van der Waals surface area (Å²) < 4.78 is 24.2. The highest BCUT2D eigenvalue weighted by Gasteiger charge is 2.42. The van der Waals surface area contributed by atoms with Crippen LogP contribution in [0.3, 0.4) is 0 Å². The Morgan fingerprint density at radius 1 is 1.40 bits per heavy atom. The first-order chi connectivity index (χ1) is 9.31. The van der Waals surface area contributed by atoms with Gasteiger partial charge in [0.15, 0.2) is 0 Å². The summed E-state index contributed by atoms with van der Waals surface area (Å²) in [6.07, 6.45) is -0.238. The fourth-order valence-electron chi connectivity index (χ4n) is 1.95. The lowest BCUT2D eigenvalue weighted by Crippen LogP contribution is -2.39. The van der Waals surface area contributed by atoms with E-state index >= 15 is 0 Å². The molecule has 7 heteroatoms. The maximum Gasteiger partial charge on any atom is 0.412 e. The first-order valence-electron chi connectivity index (χ1n) is 6.36. The van der Waals surface area contributed by atoms with E-state index in [2.05, 4.69) is 0 Å². The summed E-state index contributed by atoms with van der Waals surface area (Å²) in [4.78, 5) is 12.0. The van der Waals surface area contributed by atoms with Gasteiger partial charge in [-0.2, -0.15) is 4.67 Å². The van der Waals surface area contributed by atoms with Crippen molar-refractivity contribution in [1.82, 2.24) is 4.67 Å². The predicted octanol–water partition coefficient (Wildman–Crippen LogP) is 3.57. The topological polar surface area (TPSA) is 55.8 Å². The van der Waals surface area contributed by atoms with Crippen LogP contribution in [0.15, 0.2) is 24.3 Å². The number of carbonyl (C=O) groups is 1. The van der Waals surface area contributed by atoms with Crippen LogP contribution in [0.5, 0.6) is 5.75 Å². The monoisotopic (exact) mass is 317 g/mol. The first-order valence-corrected chi connectivity index (χ1v) is 8.84. The molecular weight excluding hydrogens is 301 g/mol. The van der Waals surface area contributed by atoms with Gasteiger partial charge in [-0.1, -0.05) is 18.2 Å². The SMILES string of the molecule is CC(C)OC(=O)[C@H](C)N1Cc2ccccc2OP1(=O)Cl. The Morgan fingerprint density at radius 2 is 2.05 bits per heavy atom. The highest BCUT2D eigenvalue weighted by atomic mass is 35.7. The third-order valence-corrected chi connectivity index (χ3v) is 5.28. The van der Waals surface area contributed by atoms with E-state index in [1.165, 1.54) is 4.67 Å². The van der Waals surface area contributed by atoms with Crippen LogP contribution in [-0.2, 0) is 20.6 Å². The molecule has 0 aromatic heterocycles. The number of esters is 1. The van der Waals surface area contributed by atoms with E-state index in [1.54, 1.807) is 32.9 Å². The summed E-state index contributed by atoms with van der Waals surface area (Å²) in [5, 5.41) is 0. The Bertz CT molecular complexity index is 563. The number of para-hydroxylation sites is 1. The van der Waals surface area contributed by atoms with Gasteiger partial charge in [0, 0.05) is 23.3 Å². The molecule has 0 amide bonds. The van der Waals surface area contributed by atoms with Crippen molar-refractivity contribution in [3.63, 3.8) is 0 Å². The number of hydrogen-bond acceptors (Lipinski definition) is 4. The van der Waals surface area contributed by atoms with Crippen LogP contribution in [0.2, 0.25) is 0 Å². The van der Waals surface area contributed by atoms with Gasteiger partial charge in [-0.05, 0) is 26.8 Å². The van der Waals surface area contributed by atoms with E-state index in [0.717, 1.165) is 5.56 Å². The minimum atomic E-state index is -3.58. The summed E-state index contributed by atoms with van der Waals surface area (Å²) in [5.74, 6) is 0.0235. The zero-order valence-electron chi connectivity index (χ0n) is 11.6. The van der Waals surface area contributed by atoms with Crippen LogP contribution in [-0.4, -0.2) is 22.8 Å². The number of benzene rings is 1. The minimum absolute atomic E-state index is 0.238. The van der Waals surface area contributed by atoms with Gasteiger partial charge in [0.2, 0.25) is 0 Å². The van der Waals surface area contributed by atoms with Crippen molar-refractivity contribution in [2.75, 3.05) is 0 Å². The van der Waals surface area contributed by atoms with Crippen molar-refractivity contribution >= 4 is 24.1 Å². The average Bonchev–Trinajstić information content (AvgIpc) is 2.35. The lowest BCUT2D eigenvalue weighted by atomic mass is 10.2. The van der Waals surface area contributed by atoms with Crippen molar-refractivity contribution in [2.45, 2.75) is 39.5 Å². The molecular formula is C13H17ClNO4P. The van der Waals surface area contributed by atoms with E-state index < -0.39 is 18.9 Å². The molecule has 0 aliphatic carbocycles. The highest BCUT2D eigenvalue weighted by molar-refractivity contribution is 7.83. The first kappa shape index (κ1) is 15.4.